The van der Waals surface area contributed by atoms with E-state index in [4.69, 9.17) is 0 Å². The van der Waals surface area contributed by atoms with Crippen LogP contribution in [0, 0.1) is 5.92 Å². The van der Waals surface area contributed by atoms with Crippen molar-refractivity contribution in [2.24, 2.45) is 5.92 Å². The van der Waals surface area contributed by atoms with Gasteiger partial charge in [-0.1, -0.05) is 48.0 Å². The number of hydrogen-bond acceptors (Lipinski definition) is 2. The second-order valence-corrected chi connectivity index (χ2v) is 4.71. The van der Waals surface area contributed by atoms with Crippen LogP contribution in [0.3, 0.4) is 0 Å². The molecule has 0 saturated carbocycles. The Labute approximate surface area is 104 Å². The topological polar surface area (TPSA) is 34.1 Å². The van der Waals surface area contributed by atoms with E-state index in [0.29, 0.717) is 5.56 Å². The standard InChI is InChI=1S/C13H15BrO2/c1-3-9(2)12(15)8-13(16)10-6-4-5-7-11(10)14/h4-7,9H,3,8H2,1-2H3. The highest BCUT2D eigenvalue weighted by molar-refractivity contribution is 9.10. The molecule has 0 fully saturated rings. The van der Waals surface area contributed by atoms with Crippen LogP contribution in [0.5, 0.6) is 0 Å². The highest BCUT2D eigenvalue weighted by atomic mass is 79.9. The van der Waals surface area contributed by atoms with Gasteiger partial charge < -0.3 is 0 Å². The van der Waals surface area contributed by atoms with Crippen LogP contribution in [-0.4, -0.2) is 11.6 Å². The summed E-state index contributed by atoms with van der Waals surface area (Å²) < 4.78 is 0.747. The van der Waals surface area contributed by atoms with E-state index in [-0.39, 0.29) is 23.9 Å². The summed E-state index contributed by atoms with van der Waals surface area (Å²) in [6.45, 7) is 3.81. The molecule has 0 bridgehead atoms. The summed E-state index contributed by atoms with van der Waals surface area (Å²) in [4.78, 5) is 23.5. The molecule has 0 aliphatic heterocycles. The second-order valence-electron chi connectivity index (χ2n) is 3.86. The van der Waals surface area contributed by atoms with Crippen molar-refractivity contribution < 1.29 is 9.59 Å². The SMILES string of the molecule is CCC(C)C(=O)CC(=O)c1ccccc1Br. The Kier molecular flexibility index (Phi) is 4.87. The van der Waals surface area contributed by atoms with Crippen molar-refractivity contribution in [3.63, 3.8) is 0 Å². The average Bonchev–Trinajstić information content (AvgIpc) is 2.28. The molecule has 86 valence electrons. The van der Waals surface area contributed by atoms with Crippen LogP contribution < -0.4 is 0 Å². The number of ketones is 2. The van der Waals surface area contributed by atoms with E-state index in [1.54, 1.807) is 18.2 Å². The molecule has 0 saturated heterocycles. The molecule has 1 rings (SSSR count). The molecule has 0 amide bonds. The van der Waals surface area contributed by atoms with E-state index in [1.807, 2.05) is 19.9 Å². The molecule has 0 N–H and O–H groups in total. The average molecular weight is 283 g/mol. The monoisotopic (exact) mass is 282 g/mol. The Balaban J connectivity index is 2.74. The number of halogens is 1. The van der Waals surface area contributed by atoms with Crippen molar-refractivity contribution >= 4 is 27.5 Å². The third kappa shape index (κ3) is 3.27. The first-order valence-electron chi connectivity index (χ1n) is 5.36. The smallest absolute Gasteiger partial charge is 0.171 e. The molecule has 0 aliphatic rings. The van der Waals surface area contributed by atoms with Crippen molar-refractivity contribution in [2.75, 3.05) is 0 Å². The van der Waals surface area contributed by atoms with Crippen molar-refractivity contribution in [3.05, 3.63) is 34.3 Å². The van der Waals surface area contributed by atoms with E-state index >= 15 is 0 Å². The van der Waals surface area contributed by atoms with Gasteiger partial charge >= 0.3 is 0 Å². The first-order chi connectivity index (χ1) is 7.56. The van der Waals surface area contributed by atoms with E-state index in [2.05, 4.69) is 15.9 Å². The molecule has 16 heavy (non-hydrogen) atoms. The van der Waals surface area contributed by atoms with Crippen LogP contribution in [0.4, 0.5) is 0 Å². The Morgan fingerprint density at radius 1 is 1.31 bits per heavy atom. The summed E-state index contributed by atoms with van der Waals surface area (Å²) in [7, 11) is 0. The lowest BCUT2D eigenvalue weighted by atomic mass is 9.97. The molecular formula is C13H15BrO2. The minimum absolute atomic E-state index is 0.00236. The van der Waals surface area contributed by atoms with Crippen LogP contribution >= 0.6 is 15.9 Å². The van der Waals surface area contributed by atoms with Gasteiger partial charge in [-0.25, -0.2) is 0 Å². The molecule has 0 aliphatic carbocycles. The first-order valence-corrected chi connectivity index (χ1v) is 6.16. The maximum atomic E-state index is 11.8. The number of rotatable bonds is 5. The van der Waals surface area contributed by atoms with Crippen LogP contribution in [0.25, 0.3) is 0 Å². The van der Waals surface area contributed by atoms with Gasteiger partial charge in [-0.15, -0.1) is 0 Å². The Morgan fingerprint density at radius 3 is 2.50 bits per heavy atom. The third-order valence-corrected chi connectivity index (χ3v) is 3.36. The molecule has 2 nitrogen and oxygen atoms in total. The lowest BCUT2D eigenvalue weighted by Gasteiger charge is -2.07. The van der Waals surface area contributed by atoms with Gasteiger partial charge in [0.25, 0.3) is 0 Å². The van der Waals surface area contributed by atoms with Crippen molar-refractivity contribution in [2.45, 2.75) is 26.7 Å². The van der Waals surface area contributed by atoms with Crippen LogP contribution in [0.2, 0.25) is 0 Å². The van der Waals surface area contributed by atoms with Crippen LogP contribution in [0.1, 0.15) is 37.0 Å². The molecule has 1 unspecified atom stereocenters. The molecular weight excluding hydrogens is 268 g/mol. The molecule has 1 aromatic carbocycles. The molecule has 3 heteroatoms. The lowest BCUT2D eigenvalue weighted by molar-refractivity contribution is -0.121. The van der Waals surface area contributed by atoms with E-state index in [9.17, 15) is 9.59 Å². The highest BCUT2D eigenvalue weighted by Gasteiger charge is 2.17. The summed E-state index contributed by atoms with van der Waals surface area (Å²) in [6, 6.07) is 7.18. The fraction of sp³-hybridized carbons (Fsp3) is 0.385. The normalized spacial score (nSPS) is 12.2. The number of benzene rings is 1. The van der Waals surface area contributed by atoms with Gasteiger partial charge in [-0.05, 0) is 12.5 Å². The van der Waals surface area contributed by atoms with Crippen LogP contribution in [-0.2, 0) is 4.79 Å². The number of hydrogen-bond donors (Lipinski definition) is 0. The summed E-state index contributed by atoms with van der Waals surface area (Å²) in [5.41, 5.74) is 0.583. The molecule has 0 radical (unpaired) electrons. The quantitative estimate of drug-likeness (QED) is 0.610. The maximum Gasteiger partial charge on any atom is 0.171 e. The van der Waals surface area contributed by atoms with Gasteiger partial charge in [0, 0.05) is 16.0 Å². The van der Waals surface area contributed by atoms with Crippen molar-refractivity contribution in [1.82, 2.24) is 0 Å². The zero-order valence-electron chi connectivity index (χ0n) is 9.50. The number of carbonyl (C=O) groups is 2. The van der Waals surface area contributed by atoms with Crippen molar-refractivity contribution in [3.8, 4) is 0 Å². The third-order valence-electron chi connectivity index (χ3n) is 2.67. The summed E-state index contributed by atoms with van der Waals surface area (Å²) in [5.74, 6) is -0.132. The van der Waals surface area contributed by atoms with Gasteiger partial charge in [-0.2, -0.15) is 0 Å². The van der Waals surface area contributed by atoms with Gasteiger partial charge in [0.2, 0.25) is 0 Å². The zero-order valence-corrected chi connectivity index (χ0v) is 11.1. The molecule has 1 aromatic rings. The summed E-state index contributed by atoms with van der Waals surface area (Å²) in [6.07, 6.45) is 0.777. The lowest BCUT2D eigenvalue weighted by Crippen LogP contribution is -2.15. The minimum Gasteiger partial charge on any atom is -0.299 e. The fourth-order valence-electron chi connectivity index (χ4n) is 1.34. The Hall–Kier alpha value is -0.960. The van der Waals surface area contributed by atoms with Crippen LogP contribution in [0.15, 0.2) is 28.7 Å². The first kappa shape index (κ1) is 13.1. The zero-order chi connectivity index (χ0) is 12.1. The van der Waals surface area contributed by atoms with E-state index in [0.717, 1.165) is 10.9 Å². The Morgan fingerprint density at radius 2 is 1.94 bits per heavy atom. The fourth-order valence-corrected chi connectivity index (χ4v) is 1.85. The molecule has 0 heterocycles. The summed E-state index contributed by atoms with van der Waals surface area (Å²) >= 11 is 3.31. The molecule has 1 atom stereocenters. The summed E-state index contributed by atoms with van der Waals surface area (Å²) in [5, 5.41) is 0. The predicted octanol–water partition coefficient (Wildman–Crippen LogP) is 3.64. The largest absolute Gasteiger partial charge is 0.299 e. The van der Waals surface area contributed by atoms with E-state index < -0.39 is 0 Å². The van der Waals surface area contributed by atoms with Gasteiger partial charge in [0.15, 0.2) is 5.78 Å². The van der Waals surface area contributed by atoms with Gasteiger partial charge in [0.05, 0.1) is 6.42 Å². The Bertz CT molecular complexity index is 399. The predicted molar refractivity (Wildman–Crippen MR) is 67.6 cm³/mol. The van der Waals surface area contributed by atoms with Gasteiger partial charge in [-0.3, -0.25) is 9.59 Å². The number of carbonyl (C=O) groups excluding carboxylic acids is 2. The molecule has 0 aromatic heterocycles. The maximum absolute atomic E-state index is 11.8. The van der Waals surface area contributed by atoms with Gasteiger partial charge in [0.1, 0.15) is 5.78 Å². The van der Waals surface area contributed by atoms with Crippen molar-refractivity contribution in [1.29, 1.82) is 0 Å². The number of Topliss-reactive ketones (excluding diaryl/α,β-unsaturated/α-hetero) is 2. The minimum atomic E-state index is -0.113. The highest BCUT2D eigenvalue weighted by Crippen LogP contribution is 2.18. The van der Waals surface area contributed by atoms with E-state index in [1.165, 1.54) is 0 Å². The second kappa shape index (κ2) is 5.94. The molecule has 0 spiro atoms.